The zero-order valence-electron chi connectivity index (χ0n) is 11.8. The number of nitrogens with zero attached hydrogens (tertiary/aromatic N) is 3. The summed E-state index contributed by atoms with van der Waals surface area (Å²) < 4.78 is 20.4. The van der Waals surface area contributed by atoms with Crippen LogP contribution in [-0.2, 0) is 13.1 Å². The van der Waals surface area contributed by atoms with E-state index in [9.17, 15) is 4.39 Å². The van der Waals surface area contributed by atoms with Crippen molar-refractivity contribution in [3.05, 3.63) is 41.5 Å². The van der Waals surface area contributed by atoms with Gasteiger partial charge in [0.25, 0.3) is 0 Å². The van der Waals surface area contributed by atoms with Crippen molar-refractivity contribution < 1.29 is 9.13 Å². The molecule has 0 atom stereocenters. The van der Waals surface area contributed by atoms with E-state index in [0.29, 0.717) is 31.0 Å². The summed E-state index contributed by atoms with van der Waals surface area (Å²) in [6.45, 7) is 6.45. The molecule has 1 N–H and O–H groups in total. The van der Waals surface area contributed by atoms with E-state index in [1.54, 1.807) is 23.7 Å². The van der Waals surface area contributed by atoms with Crippen LogP contribution < -0.4 is 10.1 Å². The third kappa shape index (κ3) is 4.03. The van der Waals surface area contributed by atoms with Crippen molar-refractivity contribution in [3.8, 4) is 5.75 Å². The monoisotopic (exact) mass is 278 g/mol. The maximum atomic E-state index is 13.1. The van der Waals surface area contributed by atoms with Gasteiger partial charge in [-0.15, -0.1) is 5.10 Å². The predicted octanol–water partition coefficient (Wildman–Crippen LogP) is 1.91. The van der Waals surface area contributed by atoms with Gasteiger partial charge in [0.2, 0.25) is 0 Å². The molecular weight excluding hydrogens is 259 g/mol. The van der Waals surface area contributed by atoms with Gasteiger partial charge in [0.15, 0.2) is 0 Å². The Hall–Kier alpha value is -1.95. The summed E-state index contributed by atoms with van der Waals surface area (Å²) in [6.07, 6.45) is 1.89. The number of hydrogen-bond acceptors (Lipinski definition) is 4. The largest absolute Gasteiger partial charge is 0.492 e. The molecule has 0 radical (unpaired) electrons. The van der Waals surface area contributed by atoms with Gasteiger partial charge in [-0.2, -0.15) is 0 Å². The third-order valence-electron chi connectivity index (χ3n) is 2.86. The number of aryl methyl sites for hydroxylation is 1. The molecule has 0 fully saturated rings. The van der Waals surface area contributed by atoms with E-state index in [4.69, 9.17) is 4.74 Å². The zero-order valence-corrected chi connectivity index (χ0v) is 11.8. The second-order valence-corrected chi connectivity index (χ2v) is 4.51. The molecule has 0 bridgehead atoms. The Morgan fingerprint density at radius 3 is 3.00 bits per heavy atom. The summed E-state index contributed by atoms with van der Waals surface area (Å²) >= 11 is 0. The number of benzene rings is 1. The summed E-state index contributed by atoms with van der Waals surface area (Å²) in [4.78, 5) is 0. The van der Waals surface area contributed by atoms with Crippen LogP contribution in [-0.4, -0.2) is 28.1 Å². The van der Waals surface area contributed by atoms with Gasteiger partial charge in [-0.3, -0.25) is 0 Å². The van der Waals surface area contributed by atoms with Crippen LogP contribution in [0.4, 0.5) is 4.39 Å². The topological polar surface area (TPSA) is 52.0 Å². The number of hydrogen-bond donors (Lipinski definition) is 1. The van der Waals surface area contributed by atoms with Crippen molar-refractivity contribution in [3.63, 3.8) is 0 Å². The van der Waals surface area contributed by atoms with Crippen LogP contribution in [0, 0.1) is 12.7 Å². The summed E-state index contributed by atoms with van der Waals surface area (Å²) in [5, 5.41) is 11.3. The normalized spacial score (nSPS) is 10.8. The summed E-state index contributed by atoms with van der Waals surface area (Å²) in [7, 11) is 0. The molecule has 0 amide bonds. The number of halogens is 1. The third-order valence-corrected chi connectivity index (χ3v) is 2.86. The summed E-state index contributed by atoms with van der Waals surface area (Å²) in [6, 6.07) is 4.72. The number of aromatic nitrogens is 3. The fourth-order valence-corrected chi connectivity index (χ4v) is 1.75. The van der Waals surface area contributed by atoms with Crippen molar-refractivity contribution in [2.45, 2.75) is 26.9 Å². The highest BCUT2D eigenvalue weighted by Gasteiger charge is 2.02. The Morgan fingerprint density at radius 1 is 1.40 bits per heavy atom. The van der Waals surface area contributed by atoms with Gasteiger partial charge in [0.05, 0.1) is 12.2 Å². The van der Waals surface area contributed by atoms with Gasteiger partial charge in [0.1, 0.15) is 18.2 Å². The van der Waals surface area contributed by atoms with E-state index in [1.165, 1.54) is 6.07 Å². The van der Waals surface area contributed by atoms with Crippen molar-refractivity contribution in [2.75, 3.05) is 13.2 Å². The molecule has 0 spiro atoms. The molecule has 0 aliphatic heterocycles. The molecule has 0 aliphatic rings. The molecule has 1 aromatic heterocycles. The minimum atomic E-state index is -0.221. The van der Waals surface area contributed by atoms with E-state index >= 15 is 0 Å². The molecule has 108 valence electrons. The molecular formula is C14H19FN4O. The second kappa shape index (κ2) is 7.00. The fraction of sp³-hybridized carbons (Fsp3) is 0.429. The highest BCUT2D eigenvalue weighted by Crippen LogP contribution is 2.15. The Kier molecular flexibility index (Phi) is 5.06. The molecule has 0 saturated carbocycles. The van der Waals surface area contributed by atoms with Crippen LogP contribution in [0.15, 0.2) is 24.4 Å². The first-order valence-electron chi connectivity index (χ1n) is 6.67. The minimum Gasteiger partial charge on any atom is -0.492 e. The average molecular weight is 278 g/mol. The van der Waals surface area contributed by atoms with Crippen LogP contribution in [0.1, 0.15) is 18.2 Å². The molecule has 6 heteroatoms. The van der Waals surface area contributed by atoms with Crippen LogP contribution in [0.2, 0.25) is 0 Å². The SMILES string of the molecule is CCNCc1cn(CCOc2ccc(F)c(C)c2)nn1. The molecule has 20 heavy (non-hydrogen) atoms. The van der Waals surface area contributed by atoms with E-state index in [1.807, 2.05) is 13.1 Å². The van der Waals surface area contributed by atoms with E-state index < -0.39 is 0 Å². The zero-order chi connectivity index (χ0) is 14.4. The molecule has 0 saturated heterocycles. The molecule has 0 unspecified atom stereocenters. The lowest BCUT2D eigenvalue weighted by Crippen LogP contribution is -2.12. The first-order valence-corrected chi connectivity index (χ1v) is 6.67. The quantitative estimate of drug-likeness (QED) is 0.840. The summed E-state index contributed by atoms with van der Waals surface area (Å²) in [5.41, 5.74) is 1.49. The van der Waals surface area contributed by atoms with Crippen molar-refractivity contribution in [2.24, 2.45) is 0 Å². The molecule has 1 heterocycles. The number of rotatable bonds is 7. The van der Waals surface area contributed by atoms with Crippen LogP contribution >= 0.6 is 0 Å². The van der Waals surface area contributed by atoms with Crippen LogP contribution in [0.5, 0.6) is 5.75 Å². The Morgan fingerprint density at radius 2 is 2.25 bits per heavy atom. The van der Waals surface area contributed by atoms with Crippen LogP contribution in [0.3, 0.4) is 0 Å². The highest BCUT2D eigenvalue weighted by molar-refractivity contribution is 5.28. The maximum Gasteiger partial charge on any atom is 0.126 e. The van der Waals surface area contributed by atoms with E-state index in [0.717, 1.165) is 12.2 Å². The van der Waals surface area contributed by atoms with Gasteiger partial charge in [-0.25, -0.2) is 9.07 Å². The number of nitrogens with one attached hydrogen (secondary N) is 1. The standard InChI is InChI=1S/C14H19FN4O/c1-3-16-9-12-10-19(18-17-12)6-7-20-13-4-5-14(15)11(2)8-13/h4-5,8,10,16H,3,6-7,9H2,1-2H3. The van der Waals surface area contributed by atoms with Gasteiger partial charge in [0, 0.05) is 12.7 Å². The smallest absolute Gasteiger partial charge is 0.126 e. The predicted molar refractivity (Wildman–Crippen MR) is 74.0 cm³/mol. The highest BCUT2D eigenvalue weighted by atomic mass is 19.1. The van der Waals surface area contributed by atoms with E-state index in [-0.39, 0.29) is 5.82 Å². The van der Waals surface area contributed by atoms with Gasteiger partial charge >= 0.3 is 0 Å². The van der Waals surface area contributed by atoms with E-state index in [2.05, 4.69) is 15.6 Å². The van der Waals surface area contributed by atoms with Crippen molar-refractivity contribution in [1.29, 1.82) is 0 Å². The number of ether oxygens (including phenoxy) is 1. The lowest BCUT2D eigenvalue weighted by molar-refractivity contribution is 0.289. The van der Waals surface area contributed by atoms with Gasteiger partial charge < -0.3 is 10.1 Å². The second-order valence-electron chi connectivity index (χ2n) is 4.51. The Balaban J connectivity index is 1.80. The minimum absolute atomic E-state index is 0.221. The van der Waals surface area contributed by atoms with Gasteiger partial charge in [-0.05, 0) is 37.2 Å². The lowest BCUT2D eigenvalue weighted by Gasteiger charge is -2.07. The van der Waals surface area contributed by atoms with Crippen molar-refractivity contribution in [1.82, 2.24) is 20.3 Å². The molecule has 2 aromatic rings. The Bertz CT molecular complexity index is 556. The van der Waals surface area contributed by atoms with Crippen molar-refractivity contribution >= 4 is 0 Å². The lowest BCUT2D eigenvalue weighted by atomic mass is 10.2. The molecule has 2 rings (SSSR count). The average Bonchev–Trinajstić information content (AvgIpc) is 2.88. The first-order chi connectivity index (χ1) is 9.69. The molecule has 1 aromatic carbocycles. The molecule has 5 nitrogen and oxygen atoms in total. The first kappa shape index (κ1) is 14.5. The maximum absolute atomic E-state index is 13.1. The van der Waals surface area contributed by atoms with Crippen LogP contribution in [0.25, 0.3) is 0 Å². The summed E-state index contributed by atoms with van der Waals surface area (Å²) in [5.74, 6) is 0.443. The molecule has 0 aliphatic carbocycles. The van der Waals surface area contributed by atoms with Gasteiger partial charge in [-0.1, -0.05) is 12.1 Å². The fourth-order valence-electron chi connectivity index (χ4n) is 1.75. The Labute approximate surface area is 117 Å².